The Kier molecular flexibility index (Phi) is 7.55. The van der Waals surface area contributed by atoms with Gasteiger partial charge in [0.05, 0.1) is 5.92 Å². The summed E-state index contributed by atoms with van der Waals surface area (Å²) in [5.41, 5.74) is 0. The van der Waals surface area contributed by atoms with Crippen molar-refractivity contribution >= 4 is 17.9 Å². The number of hydrogen-bond acceptors (Lipinski definition) is 3. The fourth-order valence-electron chi connectivity index (χ4n) is 1.41. The van der Waals surface area contributed by atoms with Crippen molar-refractivity contribution in [1.82, 2.24) is 15.1 Å². The molecule has 1 atom stereocenters. The van der Waals surface area contributed by atoms with Gasteiger partial charge in [-0.15, -0.1) is 0 Å². The quantitative estimate of drug-likeness (QED) is 0.694. The molecule has 0 saturated carbocycles. The van der Waals surface area contributed by atoms with E-state index in [4.69, 9.17) is 5.11 Å². The van der Waals surface area contributed by atoms with Crippen molar-refractivity contribution in [2.24, 2.45) is 5.92 Å². The minimum Gasteiger partial charge on any atom is -0.481 e. The molecule has 0 aromatic heterocycles. The fraction of sp³-hybridized carbons (Fsp3) is 0.750. The Bertz CT molecular complexity index is 329. The highest BCUT2D eigenvalue weighted by Gasteiger charge is 2.18. The molecule has 2 N–H and O–H groups in total. The third-order valence-corrected chi connectivity index (χ3v) is 2.82. The van der Waals surface area contributed by atoms with Gasteiger partial charge in [0.25, 0.3) is 0 Å². The minimum absolute atomic E-state index is 0.0189. The topological polar surface area (TPSA) is 90.0 Å². The molecule has 0 fully saturated rings. The van der Waals surface area contributed by atoms with Crippen molar-refractivity contribution in [2.45, 2.75) is 20.8 Å². The lowest BCUT2D eigenvalue weighted by molar-refractivity contribution is -0.141. The summed E-state index contributed by atoms with van der Waals surface area (Å²) in [6.45, 7) is 6.46. The molecule has 0 spiro atoms. The van der Waals surface area contributed by atoms with Crippen molar-refractivity contribution < 1.29 is 19.5 Å². The average Bonchev–Trinajstić information content (AvgIpc) is 2.36. The van der Waals surface area contributed by atoms with Crippen LogP contribution in [0.5, 0.6) is 0 Å². The van der Waals surface area contributed by atoms with E-state index in [1.807, 2.05) is 13.8 Å². The standard InChI is InChI=1S/C12H23N3O4/c1-5-15(6-2)10(16)8-14(4)12(19)13-7-9(3)11(17)18/h9H,5-8H2,1-4H3,(H,13,19)(H,17,18). The summed E-state index contributed by atoms with van der Waals surface area (Å²) >= 11 is 0. The zero-order chi connectivity index (χ0) is 15.0. The molecular formula is C12H23N3O4. The molecule has 0 aromatic carbocycles. The van der Waals surface area contributed by atoms with Crippen LogP contribution in [0.1, 0.15) is 20.8 Å². The van der Waals surface area contributed by atoms with Crippen molar-refractivity contribution in [3.63, 3.8) is 0 Å². The third kappa shape index (κ3) is 6.08. The fourth-order valence-corrected chi connectivity index (χ4v) is 1.41. The molecular weight excluding hydrogens is 250 g/mol. The zero-order valence-corrected chi connectivity index (χ0v) is 12.0. The highest BCUT2D eigenvalue weighted by Crippen LogP contribution is 1.95. The minimum atomic E-state index is -0.970. The van der Waals surface area contributed by atoms with Gasteiger partial charge < -0.3 is 20.2 Å². The lowest BCUT2D eigenvalue weighted by Gasteiger charge is -2.23. The van der Waals surface area contributed by atoms with Gasteiger partial charge in [-0.3, -0.25) is 9.59 Å². The van der Waals surface area contributed by atoms with Gasteiger partial charge in [0.2, 0.25) is 5.91 Å². The van der Waals surface area contributed by atoms with E-state index < -0.39 is 17.9 Å². The van der Waals surface area contributed by atoms with E-state index in [2.05, 4.69) is 5.32 Å². The van der Waals surface area contributed by atoms with Gasteiger partial charge in [-0.1, -0.05) is 6.92 Å². The number of carboxylic acid groups (broad SMARTS) is 1. The van der Waals surface area contributed by atoms with Crippen molar-refractivity contribution in [3.05, 3.63) is 0 Å². The molecule has 7 nitrogen and oxygen atoms in total. The van der Waals surface area contributed by atoms with Gasteiger partial charge in [-0.05, 0) is 13.8 Å². The molecule has 0 rings (SSSR count). The molecule has 0 aromatic rings. The number of nitrogens with zero attached hydrogens (tertiary/aromatic N) is 2. The second-order valence-corrected chi connectivity index (χ2v) is 4.35. The van der Waals surface area contributed by atoms with Crippen LogP contribution >= 0.6 is 0 Å². The van der Waals surface area contributed by atoms with E-state index >= 15 is 0 Å². The summed E-state index contributed by atoms with van der Waals surface area (Å²) in [6.07, 6.45) is 0. The van der Waals surface area contributed by atoms with Crippen molar-refractivity contribution in [1.29, 1.82) is 0 Å². The van der Waals surface area contributed by atoms with Crippen LogP contribution in [0.25, 0.3) is 0 Å². The maximum Gasteiger partial charge on any atom is 0.317 e. The van der Waals surface area contributed by atoms with Gasteiger partial charge in [0, 0.05) is 26.7 Å². The first-order valence-electron chi connectivity index (χ1n) is 6.32. The van der Waals surface area contributed by atoms with Gasteiger partial charge >= 0.3 is 12.0 Å². The second kappa shape index (κ2) is 8.34. The number of hydrogen-bond donors (Lipinski definition) is 2. The number of nitrogens with one attached hydrogen (secondary N) is 1. The summed E-state index contributed by atoms with van der Waals surface area (Å²) < 4.78 is 0. The van der Waals surface area contributed by atoms with E-state index in [0.29, 0.717) is 13.1 Å². The first-order chi connectivity index (χ1) is 8.83. The first-order valence-corrected chi connectivity index (χ1v) is 6.32. The van der Waals surface area contributed by atoms with E-state index in [-0.39, 0.29) is 19.0 Å². The molecule has 110 valence electrons. The molecule has 0 aliphatic rings. The van der Waals surface area contributed by atoms with E-state index in [9.17, 15) is 14.4 Å². The Morgan fingerprint density at radius 1 is 1.21 bits per heavy atom. The molecule has 0 aliphatic carbocycles. The number of carbonyl (C=O) groups is 3. The van der Waals surface area contributed by atoms with Gasteiger partial charge in [0.1, 0.15) is 6.54 Å². The Morgan fingerprint density at radius 2 is 1.74 bits per heavy atom. The smallest absolute Gasteiger partial charge is 0.317 e. The zero-order valence-electron chi connectivity index (χ0n) is 12.0. The van der Waals surface area contributed by atoms with Crippen LogP contribution in [0.15, 0.2) is 0 Å². The number of carbonyl (C=O) groups excluding carboxylic acids is 2. The summed E-state index contributed by atoms with van der Waals surface area (Å²) in [4.78, 5) is 36.9. The van der Waals surface area contributed by atoms with Crippen LogP contribution in [-0.2, 0) is 9.59 Å². The molecule has 1 unspecified atom stereocenters. The van der Waals surface area contributed by atoms with Crippen LogP contribution in [0, 0.1) is 5.92 Å². The molecule has 0 heterocycles. The average molecular weight is 273 g/mol. The van der Waals surface area contributed by atoms with Crippen LogP contribution < -0.4 is 5.32 Å². The van der Waals surface area contributed by atoms with Gasteiger partial charge in [-0.2, -0.15) is 0 Å². The number of carboxylic acids is 1. The number of amides is 3. The maximum atomic E-state index is 11.8. The number of urea groups is 1. The van der Waals surface area contributed by atoms with Gasteiger partial charge in [-0.25, -0.2) is 4.79 Å². The maximum absolute atomic E-state index is 11.8. The van der Waals surface area contributed by atoms with Crippen LogP contribution in [0.2, 0.25) is 0 Å². The monoisotopic (exact) mass is 273 g/mol. The SMILES string of the molecule is CCN(CC)C(=O)CN(C)C(=O)NCC(C)C(=O)O. The molecule has 0 aliphatic heterocycles. The predicted octanol–water partition coefficient (Wildman–Crippen LogP) is 0.217. The van der Waals surface area contributed by atoms with Crippen LogP contribution in [-0.4, -0.2) is 66.0 Å². The van der Waals surface area contributed by atoms with Crippen LogP contribution in [0.4, 0.5) is 4.79 Å². The highest BCUT2D eigenvalue weighted by atomic mass is 16.4. The molecule has 0 radical (unpaired) electrons. The normalized spacial score (nSPS) is 11.6. The molecule has 19 heavy (non-hydrogen) atoms. The summed E-state index contributed by atoms with van der Waals surface area (Å²) in [6, 6.07) is -0.450. The molecule has 0 bridgehead atoms. The summed E-state index contributed by atoms with van der Waals surface area (Å²) in [5.74, 6) is -1.76. The van der Waals surface area contributed by atoms with E-state index in [1.54, 1.807) is 4.90 Å². The van der Waals surface area contributed by atoms with Crippen LogP contribution in [0.3, 0.4) is 0 Å². The predicted molar refractivity (Wildman–Crippen MR) is 70.8 cm³/mol. The summed E-state index contributed by atoms with van der Waals surface area (Å²) in [7, 11) is 1.50. The number of rotatable bonds is 7. The molecule has 7 heteroatoms. The highest BCUT2D eigenvalue weighted by molar-refractivity contribution is 5.84. The first kappa shape index (κ1) is 17.2. The van der Waals surface area contributed by atoms with Gasteiger partial charge in [0.15, 0.2) is 0 Å². The second-order valence-electron chi connectivity index (χ2n) is 4.35. The Balaban J connectivity index is 4.20. The Morgan fingerprint density at radius 3 is 2.16 bits per heavy atom. The van der Waals surface area contributed by atoms with Crippen molar-refractivity contribution in [2.75, 3.05) is 33.2 Å². The summed E-state index contributed by atoms with van der Waals surface area (Å²) in [5, 5.41) is 11.2. The Labute approximate surface area is 113 Å². The molecule has 0 saturated heterocycles. The number of aliphatic carboxylic acids is 1. The third-order valence-electron chi connectivity index (χ3n) is 2.82. The lowest BCUT2D eigenvalue weighted by atomic mass is 10.2. The van der Waals surface area contributed by atoms with E-state index in [0.717, 1.165) is 0 Å². The largest absolute Gasteiger partial charge is 0.481 e. The molecule has 3 amide bonds. The lowest BCUT2D eigenvalue weighted by Crippen LogP contribution is -2.46. The Hall–Kier alpha value is -1.79. The van der Waals surface area contributed by atoms with Crippen molar-refractivity contribution in [3.8, 4) is 0 Å². The van der Waals surface area contributed by atoms with E-state index in [1.165, 1.54) is 18.9 Å². The number of likely N-dealkylation sites (N-methyl/N-ethyl adjacent to an activating group) is 2.